The van der Waals surface area contributed by atoms with E-state index in [1.807, 2.05) is 30.3 Å². The highest BCUT2D eigenvalue weighted by atomic mass is 16.5. The zero-order valence-electron chi connectivity index (χ0n) is 25.9. The van der Waals surface area contributed by atoms with E-state index >= 15 is 0 Å². The first-order chi connectivity index (χ1) is 22.4. The number of hydrogen-bond acceptors (Lipinski definition) is 8. The van der Waals surface area contributed by atoms with Gasteiger partial charge in [-0.15, -0.1) is 0 Å². The van der Waals surface area contributed by atoms with Crippen LogP contribution in [0.1, 0.15) is 45.5 Å². The van der Waals surface area contributed by atoms with Gasteiger partial charge in [0.15, 0.2) is 0 Å². The number of aliphatic hydroxyl groups is 1. The van der Waals surface area contributed by atoms with Crippen LogP contribution in [0, 0.1) is 0 Å². The number of anilines is 4. The molecule has 46 heavy (non-hydrogen) atoms. The molecule has 2 aliphatic rings. The number of carbonyl (C=O) groups is 2. The summed E-state index contributed by atoms with van der Waals surface area (Å²) in [7, 11) is 1.65. The lowest BCUT2D eigenvalue weighted by molar-refractivity contribution is 0.0302. The number of carbonyl (C=O) groups excluding carboxylic acids is 2. The van der Waals surface area contributed by atoms with Crippen LogP contribution >= 0.6 is 0 Å². The number of aromatic nitrogens is 2. The molecule has 0 unspecified atom stereocenters. The lowest BCUT2D eigenvalue weighted by Crippen LogP contribution is -2.40. The van der Waals surface area contributed by atoms with Gasteiger partial charge in [0.25, 0.3) is 17.4 Å². The van der Waals surface area contributed by atoms with E-state index in [-0.39, 0.29) is 29.7 Å². The van der Waals surface area contributed by atoms with E-state index in [0.29, 0.717) is 65.6 Å². The fraction of sp³-hybridized carbons (Fsp3) is 0.314. The van der Waals surface area contributed by atoms with E-state index in [4.69, 9.17) is 4.74 Å². The molecule has 2 saturated heterocycles. The molecule has 0 spiro atoms. The highest BCUT2D eigenvalue weighted by Gasteiger charge is 2.20. The summed E-state index contributed by atoms with van der Waals surface area (Å²) in [6.45, 7) is 3.82. The molecule has 2 amide bonds. The summed E-state index contributed by atoms with van der Waals surface area (Å²) in [6.07, 6.45) is 6.79. The van der Waals surface area contributed by atoms with E-state index < -0.39 is 0 Å². The van der Waals surface area contributed by atoms with Crippen molar-refractivity contribution in [3.8, 4) is 11.1 Å². The lowest BCUT2D eigenvalue weighted by Gasteiger charge is -2.28. The second-order valence-electron chi connectivity index (χ2n) is 11.6. The number of amides is 2. The van der Waals surface area contributed by atoms with Crippen molar-refractivity contribution in [3.63, 3.8) is 0 Å². The molecule has 0 bridgehead atoms. The minimum Gasteiger partial charge on any atom is -0.392 e. The van der Waals surface area contributed by atoms with Crippen LogP contribution in [0.3, 0.4) is 0 Å². The summed E-state index contributed by atoms with van der Waals surface area (Å²) in [6, 6.07) is 18.0. The highest BCUT2D eigenvalue weighted by Crippen LogP contribution is 2.31. The Labute approximate surface area is 267 Å². The average molecular weight is 623 g/mol. The van der Waals surface area contributed by atoms with Crippen molar-refractivity contribution in [1.82, 2.24) is 14.5 Å². The third-order valence-corrected chi connectivity index (χ3v) is 8.50. The van der Waals surface area contributed by atoms with Crippen LogP contribution in [0.5, 0.6) is 0 Å². The molecule has 11 nitrogen and oxygen atoms in total. The van der Waals surface area contributed by atoms with Crippen molar-refractivity contribution in [2.45, 2.75) is 25.9 Å². The minimum atomic E-state index is -0.328. The van der Waals surface area contributed by atoms with Crippen molar-refractivity contribution >= 4 is 34.7 Å². The molecule has 2 aromatic heterocycles. The van der Waals surface area contributed by atoms with Crippen LogP contribution in [0.15, 0.2) is 77.9 Å². The molecule has 6 rings (SSSR count). The Kier molecular flexibility index (Phi) is 9.41. The zero-order chi connectivity index (χ0) is 32.0. The van der Waals surface area contributed by atoms with Crippen LogP contribution in [0.4, 0.5) is 22.9 Å². The van der Waals surface area contributed by atoms with Crippen LogP contribution in [-0.4, -0.2) is 70.8 Å². The molecular weight excluding hydrogens is 584 g/mol. The Hall–Kier alpha value is -5.00. The number of benzene rings is 2. The van der Waals surface area contributed by atoms with E-state index in [9.17, 15) is 19.5 Å². The van der Waals surface area contributed by atoms with E-state index in [0.717, 1.165) is 18.8 Å². The second kappa shape index (κ2) is 14.0. The fourth-order valence-electron chi connectivity index (χ4n) is 5.94. The van der Waals surface area contributed by atoms with Crippen LogP contribution < -0.4 is 21.1 Å². The van der Waals surface area contributed by atoms with Crippen LogP contribution in [0.2, 0.25) is 0 Å². The molecule has 2 fully saturated rings. The van der Waals surface area contributed by atoms with Gasteiger partial charge in [-0.05, 0) is 73.4 Å². The van der Waals surface area contributed by atoms with Gasteiger partial charge in [0, 0.05) is 73.7 Å². The van der Waals surface area contributed by atoms with Crippen LogP contribution in [0.25, 0.3) is 11.1 Å². The first-order valence-electron chi connectivity index (χ1n) is 15.6. The number of piperidine rings is 1. The van der Waals surface area contributed by atoms with E-state index in [1.165, 1.54) is 30.0 Å². The van der Waals surface area contributed by atoms with Crippen molar-refractivity contribution in [3.05, 3.63) is 100 Å². The van der Waals surface area contributed by atoms with Gasteiger partial charge in [0.2, 0.25) is 0 Å². The molecule has 0 radical (unpaired) electrons. The minimum absolute atomic E-state index is 0.113. The quantitative estimate of drug-likeness (QED) is 0.264. The fourth-order valence-corrected chi connectivity index (χ4v) is 5.94. The number of rotatable bonds is 8. The Morgan fingerprint density at radius 3 is 2.35 bits per heavy atom. The first-order valence-corrected chi connectivity index (χ1v) is 15.6. The monoisotopic (exact) mass is 622 g/mol. The lowest BCUT2D eigenvalue weighted by atomic mass is 9.99. The van der Waals surface area contributed by atoms with Crippen LogP contribution in [-0.2, 0) is 18.4 Å². The molecule has 2 aromatic carbocycles. The summed E-state index contributed by atoms with van der Waals surface area (Å²) in [4.78, 5) is 47.5. The van der Waals surface area contributed by atoms with Gasteiger partial charge in [0.1, 0.15) is 11.5 Å². The molecule has 4 heterocycles. The molecular formula is C35H38N6O5. The number of aliphatic hydroxyl groups excluding tert-OH is 1. The van der Waals surface area contributed by atoms with Gasteiger partial charge in [-0.25, -0.2) is 4.98 Å². The van der Waals surface area contributed by atoms with Gasteiger partial charge in [-0.2, -0.15) is 0 Å². The average Bonchev–Trinajstić information content (AvgIpc) is 3.11. The molecule has 238 valence electrons. The number of pyridine rings is 2. The zero-order valence-corrected chi connectivity index (χ0v) is 25.9. The summed E-state index contributed by atoms with van der Waals surface area (Å²) in [5, 5.41) is 16.5. The number of morpholine rings is 1. The SMILES string of the molecule is Cn1cc(-c2cccc(NC(=O)c3ccc(N4CCCCC4)cc3)c2CO)cc(Nc2ccc(C(=O)N3CCOCC3)cn2)c1=O. The number of nitrogens with one attached hydrogen (secondary N) is 2. The van der Waals surface area contributed by atoms with Crippen molar-refractivity contribution in [2.75, 3.05) is 54.9 Å². The van der Waals surface area contributed by atoms with Crippen molar-refractivity contribution in [2.24, 2.45) is 7.05 Å². The summed E-state index contributed by atoms with van der Waals surface area (Å²) >= 11 is 0. The van der Waals surface area contributed by atoms with Gasteiger partial charge < -0.3 is 34.8 Å². The van der Waals surface area contributed by atoms with E-state index in [1.54, 1.807) is 48.5 Å². The maximum atomic E-state index is 13.2. The Bertz CT molecular complexity index is 1760. The first kappa shape index (κ1) is 31.0. The topological polar surface area (TPSA) is 129 Å². The Balaban J connectivity index is 1.20. The number of hydrogen-bond donors (Lipinski definition) is 3. The summed E-state index contributed by atoms with van der Waals surface area (Å²) in [5.74, 6) is 0.0159. The van der Waals surface area contributed by atoms with Gasteiger partial charge in [-0.3, -0.25) is 14.4 Å². The van der Waals surface area contributed by atoms with Crippen molar-refractivity contribution in [1.29, 1.82) is 0 Å². The molecule has 2 aliphatic heterocycles. The smallest absolute Gasteiger partial charge is 0.274 e. The van der Waals surface area contributed by atoms with Crippen molar-refractivity contribution < 1.29 is 19.4 Å². The summed E-state index contributed by atoms with van der Waals surface area (Å²) in [5.41, 5.74) is 4.42. The number of nitrogens with zero attached hydrogens (tertiary/aromatic N) is 4. The predicted octanol–water partition coefficient (Wildman–Crippen LogP) is 4.40. The molecule has 3 N–H and O–H groups in total. The standard InChI is InChI=1S/C35H38N6O5/c1-39-22-26(20-31(35(39)45)37-32-13-10-25(21-36-32)34(44)41-16-18-46-19-17-41)28-6-5-7-30(29(28)23-42)38-33(43)24-8-11-27(12-9-24)40-14-3-2-4-15-40/h5-13,20-22,42H,2-4,14-19,23H2,1H3,(H,36,37)(H,38,43). The largest absolute Gasteiger partial charge is 0.392 e. The summed E-state index contributed by atoms with van der Waals surface area (Å²) < 4.78 is 6.77. The van der Waals surface area contributed by atoms with Gasteiger partial charge >= 0.3 is 0 Å². The maximum absolute atomic E-state index is 13.2. The molecule has 0 aliphatic carbocycles. The maximum Gasteiger partial charge on any atom is 0.274 e. The highest BCUT2D eigenvalue weighted by molar-refractivity contribution is 6.05. The van der Waals surface area contributed by atoms with Gasteiger partial charge in [-0.1, -0.05) is 12.1 Å². The Morgan fingerprint density at radius 1 is 0.913 bits per heavy atom. The normalized spacial score (nSPS) is 15.0. The molecule has 0 atom stereocenters. The van der Waals surface area contributed by atoms with Gasteiger partial charge in [0.05, 0.1) is 25.4 Å². The number of ether oxygens (including phenoxy) is 1. The molecule has 0 saturated carbocycles. The van der Waals surface area contributed by atoms with E-state index in [2.05, 4.69) is 20.5 Å². The third-order valence-electron chi connectivity index (χ3n) is 8.50. The molecule has 11 heteroatoms. The Morgan fingerprint density at radius 2 is 1.65 bits per heavy atom. The third kappa shape index (κ3) is 6.80. The molecule has 4 aromatic rings. The second-order valence-corrected chi connectivity index (χ2v) is 11.6. The predicted molar refractivity (Wildman–Crippen MR) is 178 cm³/mol. The number of aryl methyl sites for hydroxylation is 1.